The number of hydrogen-bond acceptors (Lipinski definition) is 8. The molecule has 9 heteroatoms. The third-order valence-electron chi connectivity index (χ3n) is 3.72. The average molecular weight is 374 g/mol. The molecule has 0 saturated heterocycles. The molecule has 0 aliphatic rings. The largest absolute Gasteiger partial charge is 0.494 e. The Bertz CT molecular complexity index is 935. The normalized spacial score (nSPS) is 10.8. The zero-order valence-electron chi connectivity index (χ0n) is 14.8. The van der Waals surface area contributed by atoms with Gasteiger partial charge in [-0.05, 0) is 48.0 Å². The molecule has 0 saturated carbocycles. The molecule has 0 amide bonds. The Morgan fingerprint density at radius 2 is 2.08 bits per heavy atom. The number of furan rings is 1. The summed E-state index contributed by atoms with van der Waals surface area (Å²) in [5.41, 5.74) is 2.24. The van der Waals surface area contributed by atoms with Crippen LogP contribution in [-0.2, 0) is 10.5 Å². The number of aromatic nitrogens is 4. The number of esters is 1. The molecule has 3 aromatic rings. The van der Waals surface area contributed by atoms with Crippen LogP contribution in [0.2, 0.25) is 0 Å². The van der Waals surface area contributed by atoms with Gasteiger partial charge in [0.1, 0.15) is 28.5 Å². The molecule has 0 fully saturated rings. The molecule has 2 heterocycles. The van der Waals surface area contributed by atoms with Crippen molar-refractivity contribution in [3.05, 3.63) is 46.9 Å². The van der Waals surface area contributed by atoms with Crippen LogP contribution in [0.4, 0.5) is 0 Å². The fourth-order valence-corrected chi connectivity index (χ4v) is 3.21. The van der Waals surface area contributed by atoms with Gasteiger partial charge in [-0.2, -0.15) is 4.68 Å². The van der Waals surface area contributed by atoms with Crippen molar-refractivity contribution >= 4 is 17.7 Å². The Kier molecular flexibility index (Phi) is 5.27. The number of rotatable bonds is 6. The highest BCUT2D eigenvalue weighted by Gasteiger charge is 2.18. The number of benzene rings is 1. The summed E-state index contributed by atoms with van der Waals surface area (Å²) in [7, 11) is 2.94. The molecule has 1 aromatic carbocycles. The first-order chi connectivity index (χ1) is 12.5. The summed E-state index contributed by atoms with van der Waals surface area (Å²) in [5.74, 6) is 1.88. The van der Waals surface area contributed by atoms with Crippen molar-refractivity contribution in [3.8, 4) is 11.4 Å². The van der Waals surface area contributed by atoms with E-state index in [4.69, 9.17) is 13.9 Å². The van der Waals surface area contributed by atoms with Crippen molar-refractivity contribution in [1.29, 1.82) is 0 Å². The van der Waals surface area contributed by atoms with E-state index in [1.807, 2.05) is 25.1 Å². The highest BCUT2D eigenvalue weighted by molar-refractivity contribution is 7.98. The Labute approximate surface area is 154 Å². The van der Waals surface area contributed by atoms with Crippen molar-refractivity contribution in [2.45, 2.75) is 24.8 Å². The van der Waals surface area contributed by atoms with E-state index >= 15 is 0 Å². The highest BCUT2D eigenvalue weighted by Crippen LogP contribution is 2.29. The second-order valence-corrected chi connectivity index (χ2v) is 6.45. The van der Waals surface area contributed by atoms with Crippen LogP contribution in [0.25, 0.3) is 5.69 Å². The summed E-state index contributed by atoms with van der Waals surface area (Å²) in [6.07, 6.45) is 0. The predicted octanol–water partition coefficient (Wildman–Crippen LogP) is 2.96. The van der Waals surface area contributed by atoms with Gasteiger partial charge in [0.2, 0.25) is 5.16 Å². The van der Waals surface area contributed by atoms with Crippen LogP contribution in [0.5, 0.6) is 5.75 Å². The summed E-state index contributed by atoms with van der Waals surface area (Å²) in [4.78, 5) is 11.7. The molecular weight excluding hydrogens is 356 g/mol. The smallest absolute Gasteiger partial charge is 0.341 e. The van der Waals surface area contributed by atoms with Crippen LogP contribution in [0.3, 0.4) is 0 Å². The van der Waals surface area contributed by atoms with Crippen molar-refractivity contribution in [1.82, 2.24) is 20.2 Å². The van der Waals surface area contributed by atoms with E-state index in [1.54, 1.807) is 24.8 Å². The molecular formula is C17H18N4O4S. The van der Waals surface area contributed by atoms with E-state index in [0.717, 1.165) is 11.3 Å². The fraction of sp³-hybridized carbons (Fsp3) is 0.294. The van der Waals surface area contributed by atoms with E-state index in [2.05, 4.69) is 15.5 Å². The Hall–Kier alpha value is -2.81. The van der Waals surface area contributed by atoms with Gasteiger partial charge in [-0.25, -0.2) is 4.79 Å². The van der Waals surface area contributed by atoms with Crippen LogP contribution < -0.4 is 4.74 Å². The minimum atomic E-state index is -0.420. The van der Waals surface area contributed by atoms with Crippen molar-refractivity contribution < 1.29 is 18.7 Å². The maximum atomic E-state index is 11.7. The lowest BCUT2D eigenvalue weighted by atomic mass is 10.2. The number of carbonyl (C=O) groups excluding carboxylic acids is 1. The first-order valence-electron chi connectivity index (χ1n) is 7.77. The number of nitrogens with zero attached hydrogens (tertiary/aromatic N) is 4. The lowest BCUT2D eigenvalue weighted by Gasteiger charge is -2.10. The van der Waals surface area contributed by atoms with Gasteiger partial charge in [-0.3, -0.25) is 0 Å². The number of thioether (sulfide) groups is 1. The van der Waals surface area contributed by atoms with Gasteiger partial charge in [0, 0.05) is 0 Å². The summed E-state index contributed by atoms with van der Waals surface area (Å²) in [6.45, 7) is 3.71. The Balaban J connectivity index is 1.83. The topological polar surface area (TPSA) is 92.3 Å². The number of hydrogen-bond donors (Lipinski definition) is 0. The van der Waals surface area contributed by atoms with Gasteiger partial charge < -0.3 is 13.9 Å². The summed E-state index contributed by atoms with van der Waals surface area (Å²) < 4.78 is 17.4. The zero-order valence-corrected chi connectivity index (χ0v) is 15.7. The van der Waals surface area contributed by atoms with Crippen molar-refractivity contribution in [2.75, 3.05) is 14.2 Å². The van der Waals surface area contributed by atoms with Crippen LogP contribution in [0, 0.1) is 13.8 Å². The first kappa shape index (κ1) is 18.0. The molecule has 0 aliphatic carbocycles. The monoisotopic (exact) mass is 374 g/mol. The lowest BCUT2D eigenvalue weighted by Crippen LogP contribution is -2.02. The minimum Gasteiger partial charge on any atom is -0.494 e. The maximum Gasteiger partial charge on any atom is 0.341 e. The van der Waals surface area contributed by atoms with Crippen LogP contribution in [0.15, 0.2) is 33.8 Å². The van der Waals surface area contributed by atoms with E-state index < -0.39 is 5.97 Å². The summed E-state index contributed by atoms with van der Waals surface area (Å²) >= 11 is 1.39. The third-order valence-corrected chi connectivity index (χ3v) is 4.66. The number of methoxy groups -OCH3 is 2. The maximum absolute atomic E-state index is 11.7. The molecule has 0 unspecified atom stereocenters. The number of carbonyl (C=O) groups is 1. The molecule has 0 atom stereocenters. The highest BCUT2D eigenvalue weighted by atomic mass is 32.2. The molecule has 2 aromatic heterocycles. The number of tetrazole rings is 1. The molecule has 3 rings (SSSR count). The van der Waals surface area contributed by atoms with Gasteiger partial charge in [-0.1, -0.05) is 17.8 Å². The zero-order chi connectivity index (χ0) is 18.7. The van der Waals surface area contributed by atoms with Crippen LogP contribution in [0.1, 0.15) is 27.4 Å². The first-order valence-corrected chi connectivity index (χ1v) is 8.76. The van der Waals surface area contributed by atoms with Crippen LogP contribution in [-0.4, -0.2) is 40.4 Å². The average Bonchev–Trinajstić information content (AvgIpc) is 3.25. The quantitative estimate of drug-likeness (QED) is 0.480. The van der Waals surface area contributed by atoms with Crippen LogP contribution >= 0.6 is 11.8 Å². The predicted molar refractivity (Wildman–Crippen MR) is 94.8 cm³/mol. The van der Waals surface area contributed by atoms with Gasteiger partial charge in [0.15, 0.2) is 0 Å². The molecule has 0 N–H and O–H groups in total. The third kappa shape index (κ3) is 3.57. The van der Waals surface area contributed by atoms with E-state index in [-0.39, 0.29) is 0 Å². The lowest BCUT2D eigenvalue weighted by molar-refractivity contribution is 0.0599. The standard InChI is InChI=1S/C17H18N4O4S/c1-10-5-6-15(23-3)14(7-10)21-17(18-19-20-21)26-9-12-8-13(11(2)25-12)16(22)24-4/h5-8H,9H2,1-4H3. The van der Waals surface area contributed by atoms with E-state index in [9.17, 15) is 4.79 Å². The molecule has 0 bridgehead atoms. The summed E-state index contributed by atoms with van der Waals surface area (Å²) in [6, 6.07) is 7.46. The molecule has 0 aliphatic heterocycles. The van der Waals surface area contributed by atoms with Crippen molar-refractivity contribution in [3.63, 3.8) is 0 Å². The van der Waals surface area contributed by atoms with E-state index in [0.29, 0.717) is 33.7 Å². The summed E-state index contributed by atoms with van der Waals surface area (Å²) in [5, 5.41) is 12.5. The van der Waals surface area contributed by atoms with Gasteiger partial charge in [-0.15, -0.1) is 5.10 Å². The van der Waals surface area contributed by atoms with Crippen molar-refractivity contribution in [2.24, 2.45) is 0 Å². The van der Waals surface area contributed by atoms with Gasteiger partial charge in [0.25, 0.3) is 0 Å². The number of ether oxygens (including phenoxy) is 2. The fourth-order valence-electron chi connectivity index (χ4n) is 2.45. The van der Waals surface area contributed by atoms with E-state index in [1.165, 1.54) is 18.9 Å². The minimum absolute atomic E-state index is 0.419. The molecule has 136 valence electrons. The second kappa shape index (κ2) is 7.61. The Morgan fingerprint density at radius 3 is 2.81 bits per heavy atom. The molecule has 26 heavy (non-hydrogen) atoms. The number of aryl methyl sites for hydroxylation is 2. The van der Waals surface area contributed by atoms with Gasteiger partial charge >= 0.3 is 5.97 Å². The SMILES string of the molecule is COC(=O)c1cc(CSc2nnnn2-c2cc(C)ccc2OC)oc1C. The Morgan fingerprint density at radius 1 is 1.27 bits per heavy atom. The molecule has 8 nitrogen and oxygen atoms in total. The molecule has 0 spiro atoms. The van der Waals surface area contributed by atoms with Gasteiger partial charge in [0.05, 0.1) is 20.0 Å². The molecule has 0 radical (unpaired) electrons. The second-order valence-electron chi connectivity index (χ2n) is 5.51.